The normalized spacial score (nSPS) is 40.9. The second kappa shape index (κ2) is 4.01. The largest absolute Gasteiger partial charge is 0.375 e. The molecule has 0 aromatic heterocycles. The second-order valence-electron chi connectivity index (χ2n) is 4.84. The Balaban J connectivity index is 2.28. The molecule has 2 atom stereocenters. The van der Waals surface area contributed by atoms with Gasteiger partial charge in [-0.2, -0.15) is 17.6 Å². The molecular weight excluding hydrogens is 274 g/mol. The Kier molecular flexibility index (Phi) is 3.04. The van der Waals surface area contributed by atoms with Gasteiger partial charge < -0.3 is 5.11 Å². The van der Waals surface area contributed by atoms with E-state index in [1.165, 1.54) is 0 Å². The van der Waals surface area contributed by atoms with Gasteiger partial charge in [0.05, 0.1) is 0 Å². The van der Waals surface area contributed by atoms with Gasteiger partial charge in [0.25, 0.3) is 5.67 Å². The maximum atomic E-state index is 13.7. The molecule has 2 unspecified atom stereocenters. The van der Waals surface area contributed by atoms with Crippen LogP contribution in [0.3, 0.4) is 0 Å². The summed E-state index contributed by atoms with van der Waals surface area (Å²) in [5, 5.41) is 8.68. The monoisotopic (exact) mass is 286 g/mol. The van der Waals surface area contributed by atoms with Crippen LogP contribution in [0.1, 0.15) is 25.7 Å². The lowest BCUT2D eigenvalue weighted by Gasteiger charge is -2.54. The van der Waals surface area contributed by atoms with Crippen molar-refractivity contribution in [3.8, 4) is 0 Å². The molecule has 108 valence electrons. The maximum absolute atomic E-state index is 13.7. The Labute approximate surface area is 105 Å². The minimum absolute atomic E-state index is 0.00155. The molecule has 1 saturated carbocycles. The SMILES string of the molecule is OC1(F)C(F)(F)C(F)(F)C1(F)C=CC1=CCCCC1. The van der Waals surface area contributed by atoms with E-state index in [4.69, 9.17) is 5.11 Å². The van der Waals surface area contributed by atoms with Crippen LogP contribution in [0.15, 0.2) is 23.8 Å². The molecule has 2 aliphatic carbocycles. The summed E-state index contributed by atoms with van der Waals surface area (Å²) < 4.78 is 78.3. The summed E-state index contributed by atoms with van der Waals surface area (Å²) in [6, 6.07) is 0. The van der Waals surface area contributed by atoms with Crippen molar-refractivity contribution in [2.75, 3.05) is 0 Å². The molecule has 0 spiro atoms. The molecule has 0 heterocycles. The highest BCUT2D eigenvalue weighted by molar-refractivity contribution is 5.37. The minimum Gasteiger partial charge on any atom is -0.354 e. The maximum Gasteiger partial charge on any atom is 0.375 e. The van der Waals surface area contributed by atoms with E-state index in [0.717, 1.165) is 18.9 Å². The van der Waals surface area contributed by atoms with E-state index in [0.29, 0.717) is 18.4 Å². The number of allylic oxidation sites excluding steroid dienone is 3. The Morgan fingerprint density at radius 3 is 2.11 bits per heavy atom. The van der Waals surface area contributed by atoms with Crippen molar-refractivity contribution >= 4 is 0 Å². The van der Waals surface area contributed by atoms with Gasteiger partial charge in [-0.3, -0.25) is 0 Å². The molecule has 0 aromatic carbocycles. The van der Waals surface area contributed by atoms with E-state index >= 15 is 0 Å². The van der Waals surface area contributed by atoms with E-state index in [1.54, 1.807) is 6.08 Å². The Morgan fingerprint density at radius 1 is 1.00 bits per heavy atom. The standard InChI is InChI=1S/C12H12F6O/c13-9(7-6-8-4-2-1-3-5-8)10(14,15)11(16,17)12(9,18)19/h4,6-7,19H,1-3,5H2. The number of rotatable bonds is 2. The summed E-state index contributed by atoms with van der Waals surface area (Å²) in [6.07, 6.45) is 5.25. The van der Waals surface area contributed by atoms with Crippen molar-refractivity contribution in [3.05, 3.63) is 23.8 Å². The first-order chi connectivity index (χ1) is 8.58. The zero-order chi connectivity index (χ0) is 14.5. The summed E-state index contributed by atoms with van der Waals surface area (Å²) in [6.45, 7) is 0. The highest BCUT2D eigenvalue weighted by Crippen LogP contribution is 2.67. The minimum atomic E-state index is -5.44. The summed E-state index contributed by atoms with van der Waals surface area (Å²) >= 11 is 0. The van der Waals surface area contributed by atoms with Gasteiger partial charge >= 0.3 is 17.7 Å². The molecule has 0 aromatic rings. The molecule has 0 amide bonds. The molecule has 0 radical (unpaired) electrons. The highest BCUT2D eigenvalue weighted by Gasteiger charge is 2.97. The Bertz CT molecular complexity index is 420. The number of alkyl halides is 6. The van der Waals surface area contributed by atoms with Gasteiger partial charge in [-0.25, -0.2) is 8.78 Å². The van der Waals surface area contributed by atoms with Crippen molar-refractivity contribution < 1.29 is 31.4 Å². The number of hydrogen-bond acceptors (Lipinski definition) is 1. The molecule has 1 N–H and O–H groups in total. The second-order valence-corrected chi connectivity index (χ2v) is 4.84. The molecule has 2 aliphatic rings. The van der Waals surface area contributed by atoms with Crippen LogP contribution in [0.2, 0.25) is 0 Å². The van der Waals surface area contributed by atoms with E-state index in [1.807, 2.05) is 0 Å². The Hall–Kier alpha value is -0.980. The molecule has 7 heteroatoms. The summed E-state index contributed by atoms with van der Waals surface area (Å²) in [5.74, 6) is -15.6. The molecule has 0 bridgehead atoms. The van der Waals surface area contributed by atoms with Gasteiger partial charge in [0.15, 0.2) is 0 Å². The number of aliphatic hydroxyl groups is 1. The van der Waals surface area contributed by atoms with Crippen molar-refractivity contribution in [1.29, 1.82) is 0 Å². The Morgan fingerprint density at radius 2 is 1.63 bits per heavy atom. The lowest BCUT2D eigenvalue weighted by molar-refractivity contribution is -0.480. The number of hydrogen-bond donors (Lipinski definition) is 1. The molecule has 1 nitrogen and oxygen atoms in total. The van der Waals surface area contributed by atoms with Gasteiger partial charge in [-0.05, 0) is 31.8 Å². The van der Waals surface area contributed by atoms with E-state index in [9.17, 15) is 26.3 Å². The van der Waals surface area contributed by atoms with Crippen LogP contribution >= 0.6 is 0 Å². The van der Waals surface area contributed by atoms with Crippen LogP contribution in [0.25, 0.3) is 0 Å². The fourth-order valence-corrected chi connectivity index (χ4v) is 2.26. The van der Waals surface area contributed by atoms with Crippen molar-refractivity contribution in [1.82, 2.24) is 0 Å². The van der Waals surface area contributed by atoms with Crippen LogP contribution < -0.4 is 0 Å². The number of halogens is 6. The summed E-state index contributed by atoms with van der Waals surface area (Å²) in [5.41, 5.74) is -3.95. The lowest BCUT2D eigenvalue weighted by atomic mass is 9.68. The van der Waals surface area contributed by atoms with Gasteiger partial charge in [-0.15, -0.1) is 0 Å². The van der Waals surface area contributed by atoms with Gasteiger partial charge in [-0.1, -0.05) is 17.7 Å². The third-order valence-corrected chi connectivity index (χ3v) is 3.60. The summed E-state index contributed by atoms with van der Waals surface area (Å²) in [7, 11) is 0. The average molecular weight is 286 g/mol. The molecule has 1 fully saturated rings. The van der Waals surface area contributed by atoms with Crippen LogP contribution in [0.5, 0.6) is 0 Å². The van der Waals surface area contributed by atoms with Crippen LogP contribution in [-0.2, 0) is 0 Å². The fraction of sp³-hybridized carbons (Fsp3) is 0.667. The summed E-state index contributed by atoms with van der Waals surface area (Å²) in [4.78, 5) is 0. The smallest absolute Gasteiger partial charge is 0.354 e. The lowest BCUT2D eigenvalue weighted by Crippen LogP contribution is -2.85. The van der Waals surface area contributed by atoms with Crippen LogP contribution in [0.4, 0.5) is 26.3 Å². The van der Waals surface area contributed by atoms with Gasteiger partial charge in [0.1, 0.15) is 0 Å². The fourth-order valence-electron chi connectivity index (χ4n) is 2.26. The predicted octanol–water partition coefficient (Wildman–Crippen LogP) is 3.69. The quantitative estimate of drug-likeness (QED) is 0.767. The van der Waals surface area contributed by atoms with Crippen LogP contribution in [-0.4, -0.2) is 28.5 Å². The highest BCUT2D eigenvalue weighted by atomic mass is 19.3. The molecular formula is C12H12F6O. The van der Waals surface area contributed by atoms with E-state index in [2.05, 4.69) is 0 Å². The zero-order valence-electron chi connectivity index (χ0n) is 9.78. The van der Waals surface area contributed by atoms with Gasteiger partial charge in [0.2, 0.25) is 0 Å². The first-order valence-electron chi connectivity index (χ1n) is 5.82. The van der Waals surface area contributed by atoms with Crippen molar-refractivity contribution in [2.45, 2.75) is 49.1 Å². The van der Waals surface area contributed by atoms with Gasteiger partial charge in [0, 0.05) is 0 Å². The first-order valence-corrected chi connectivity index (χ1v) is 5.82. The molecule has 0 saturated heterocycles. The molecule has 19 heavy (non-hydrogen) atoms. The first kappa shape index (κ1) is 14.4. The zero-order valence-corrected chi connectivity index (χ0v) is 9.78. The molecule has 2 rings (SSSR count). The average Bonchev–Trinajstić information content (AvgIpc) is 2.35. The topological polar surface area (TPSA) is 20.2 Å². The molecule has 0 aliphatic heterocycles. The van der Waals surface area contributed by atoms with Crippen molar-refractivity contribution in [3.63, 3.8) is 0 Å². The van der Waals surface area contributed by atoms with E-state index < -0.39 is 23.4 Å². The van der Waals surface area contributed by atoms with Crippen LogP contribution in [0, 0.1) is 0 Å². The third-order valence-electron chi connectivity index (χ3n) is 3.60. The predicted molar refractivity (Wildman–Crippen MR) is 55.5 cm³/mol. The van der Waals surface area contributed by atoms with E-state index in [-0.39, 0.29) is 6.08 Å². The van der Waals surface area contributed by atoms with Crippen molar-refractivity contribution in [2.24, 2.45) is 0 Å². The third kappa shape index (κ3) is 1.60.